The van der Waals surface area contributed by atoms with Crippen molar-refractivity contribution in [2.75, 3.05) is 36.0 Å². The molecular formula is C82H124N2O. The Bertz CT molecular complexity index is 2170. The number of rotatable bonds is 52. The van der Waals surface area contributed by atoms with Crippen LogP contribution in [-0.4, -0.2) is 32.0 Å². The van der Waals surface area contributed by atoms with Gasteiger partial charge in [-0.15, -0.1) is 0 Å². The number of carbonyl (C=O) groups excluding carboxylic acids is 1. The molecule has 0 amide bonds. The summed E-state index contributed by atoms with van der Waals surface area (Å²) >= 11 is 0. The second kappa shape index (κ2) is 47.2. The third-order valence-corrected chi connectivity index (χ3v) is 18.1. The number of allylic oxidation sites excluding steroid dienone is 2. The van der Waals surface area contributed by atoms with Crippen molar-refractivity contribution in [3.05, 3.63) is 142 Å². The minimum atomic E-state index is 0.163. The molecule has 5 rings (SSSR count). The number of Topliss-reactive ketones (excluding diaryl/α,β-unsaturated/α-hetero) is 1. The Hall–Kier alpha value is -4.89. The van der Waals surface area contributed by atoms with E-state index in [0.717, 1.165) is 59.6 Å². The minimum absolute atomic E-state index is 0.163. The van der Waals surface area contributed by atoms with Gasteiger partial charge in [-0.3, -0.25) is 4.79 Å². The first-order valence-electron chi connectivity index (χ1n) is 36.2. The smallest absolute Gasteiger partial charge is 0.185 e. The Balaban J connectivity index is 1.05. The van der Waals surface area contributed by atoms with E-state index in [2.05, 4.69) is 171 Å². The molecule has 4 aromatic carbocycles. The largest absolute Gasteiger partial charge is 0.372 e. The van der Waals surface area contributed by atoms with Crippen molar-refractivity contribution in [3.63, 3.8) is 0 Å². The van der Waals surface area contributed by atoms with Crippen LogP contribution in [0.15, 0.2) is 108 Å². The molecule has 0 N–H and O–H groups in total. The van der Waals surface area contributed by atoms with E-state index in [1.54, 1.807) is 0 Å². The molecule has 0 heterocycles. The van der Waals surface area contributed by atoms with Crippen LogP contribution in [0, 0.1) is 0 Å². The van der Waals surface area contributed by atoms with Crippen molar-refractivity contribution >= 4 is 53.6 Å². The van der Waals surface area contributed by atoms with E-state index in [-0.39, 0.29) is 5.78 Å². The maximum atomic E-state index is 13.3. The maximum absolute atomic E-state index is 13.3. The number of benzene rings is 4. The van der Waals surface area contributed by atoms with Gasteiger partial charge in [0.2, 0.25) is 0 Å². The SMILES string of the molecule is CCCCCCCCCCCCN(CCCCCCCCCCCC)c1ccc(/C=C/c2ccc(/C=C3\C/C(=C\c4ccc(/C=C/c5ccc(N(CCCCCCCCCCCC)CCCCCCCCCCCC)cc5)cc4)C3=O)cc2)cc1. The molecule has 0 unspecified atom stereocenters. The minimum Gasteiger partial charge on any atom is -0.372 e. The Kier molecular flexibility index (Phi) is 39.4. The van der Waals surface area contributed by atoms with E-state index in [0.29, 0.717) is 6.42 Å². The number of anilines is 2. The predicted octanol–water partition coefficient (Wildman–Crippen LogP) is 25.8. The summed E-state index contributed by atoms with van der Waals surface area (Å²) in [5.74, 6) is 0.163. The summed E-state index contributed by atoms with van der Waals surface area (Å²) in [6, 6.07) is 35.8. The summed E-state index contributed by atoms with van der Waals surface area (Å²) in [4.78, 5) is 18.7. The van der Waals surface area contributed by atoms with Gasteiger partial charge in [0.1, 0.15) is 0 Å². The summed E-state index contributed by atoms with van der Waals surface area (Å²) in [7, 11) is 0. The zero-order chi connectivity index (χ0) is 59.9. The molecule has 3 heteroatoms. The van der Waals surface area contributed by atoms with Gasteiger partial charge in [0.25, 0.3) is 0 Å². The van der Waals surface area contributed by atoms with E-state index in [1.807, 2.05) is 0 Å². The highest BCUT2D eigenvalue weighted by Gasteiger charge is 2.27. The van der Waals surface area contributed by atoms with E-state index in [1.165, 1.54) is 279 Å². The fourth-order valence-electron chi connectivity index (χ4n) is 12.4. The predicted molar refractivity (Wildman–Crippen MR) is 381 cm³/mol. The van der Waals surface area contributed by atoms with Crippen LogP contribution in [-0.2, 0) is 4.79 Å². The second-order valence-corrected chi connectivity index (χ2v) is 25.7. The van der Waals surface area contributed by atoms with Gasteiger partial charge in [-0.1, -0.05) is 356 Å². The van der Waals surface area contributed by atoms with Crippen molar-refractivity contribution in [1.82, 2.24) is 0 Å². The molecule has 0 saturated heterocycles. The molecule has 1 aliphatic carbocycles. The van der Waals surface area contributed by atoms with Crippen LogP contribution in [0.1, 0.15) is 324 Å². The number of nitrogens with zero attached hydrogens (tertiary/aromatic N) is 2. The molecule has 1 fully saturated rings. The first kappa shape index (κ1) is 70.9. The summed E-state index contributed by atoms with van der Waals surface area (Å²) in [6.45, 7) is 13.9. The number of hydrogen-bond acceptors (Lipinski definition) is 3. The molecular weight excluding hydrogens is 1030 g/mol. The molecule has 0 aliphatic heterocycles. The topological polar surface area (TPSA) is 23.6 Å². The number of ketones is 1. The summed E-state index contributed by atoms with van der Waals surface area (Å²) in [5.41, 5.74) is 11.4. The first-order chi connectivity index (χ1) is 42.0. The lowest BCUT2D eigenvalue weighted by molar-refractivity contribution is -0.114. The molecule has 85 heavy (non-hydrogen) atoms. The second-order valence-electron chi connectivity index (χ2n) is 25.7. The lowest BCUT2D eigenvalue weighted by Crippen LogP contribution is -2.25. The van der Waals surface area contributed by atoms with Crippen molar-refractivity contribution in [3.8, 4) is 0 Å². The lowest BCUT2D eigenvalue weighted by Gasteiger charge is -2.25. The number of hydrogen-bond donors (Lipinski definition) is 0. The molecule has 0 radical (unpaired) electrons. The van der Waals surface area contributed by atoms with Crippen LogP contribution in [0.2, 0.25) is 0 Å². The third-order valence-electron chi connectivity index (χ3n) is 18.1. The molecule has 1 aliphatic rings. The zero-order valence-electron chi connectivity index (χ0n) is 55.3. The average molecular weight is 1150 g/mol. The standard InChI is InChI=1S/C82H124N2O/c1-5-9-13-17-21-25-29-33-37-41-65-83(66-42-38-34-30-26-22-18-14-10-6-2)80-61-57-74(58-62-80)47-45-72-49-53-76(54-50-72)69-78-71-79(82(78)85)70-77-55-51-73(52-56-77)46-48-75-59-63-81(64-60-75)84(67-43-39-35-31-27-23-19-15-11-7-3)68-44-40-36-32-28-24-20-16-12-8-4/h45-64,69-70H,5-44,65-68,71H2,1-4H3/b47-45+,48-46+,78-69+,79-70+. The van der Waals surface area contributed by atoms with Gasteiger partial charge in [0.05, 0.1) is 0 Å². The van der Waals surface area contributed by atoms with E-state index in [4.69, 9.17) is 0 Å². The van der Waals surface area contributed by atoms with Crippen LogP contribution in [0.4, 0.5) is 11.4 Å². The maximum Gasteiger partial charge on any atom is 0.185 e. The molecule has 468 valence electrons. The molecule has 0 bridgehead atoms. The molecule has 0 atom stereocenters. The third kappa shape index (κ3) is 32.1. The fourth-order valence-corrected chi connectivity index (χ4v) is 12.4. The number of carbonyl (C=O) groups is 1. The van der Waals surface area contributed by atoms with Gasteiger partial charge in [0, 0.05) is 55.1 Å². The molecule has 4 aromatic rings. The fraction of sp³-hybridized carbons (Fsp3) is 0.598. The Morgan fingerprint density at radius 1 is 0.259 bits per heavy atom. The monoisotopic (exact) mass is 1150 g/mol. The van der Waals surface area contributed by atoms with Crippen molar-refractivity contribution in [1.29, 1.82) is 0 Å². The average Bonchev–Trinajstić information content (AvgIpc) is 3.73. The summed E-state index contributed by atoms with van der Waals surface area (Å²) in [6.07, 6.45) is 68.9. The van der Waals surface area contributed by atoms with Crippen LogP contribution < -0.4 is 9.80 Å². The van der Waals surface area contributed by atoms with E-state index in [9.17, 15) is 4.79 Å². The molecule has 3 nitrogen and oxygen atoms in total. The Morgan fingerprint density at radius 3 is 0.659 bits per heavy atom. The van der Waals surface area contributed by atoms with Crippen molar-refractivity contribution in [2.24, 2.45) is 0 Å². The lowest BCUT2D eigenvalue weighted by atomic mass is 9.82. The van der Waals surface area contributed by atoms with Crippen LogP contribution in [0.5, 0.6) is 0 Å². The van der Waals surface area contributed by atoms with Gasteiger partial charge >= 0.3 is 0 Å². The van der Waals surface area contributed by atoms with Crippen LogP contribution in [0.3, 0.4) is 0 Å². The normalized spacial score (nSPS) is 13.5. The zero-order valence-corrected chi connectivity index (χ0v) is 55.3. The van der Waals surface area contributed by atoms with Gasteiger partial charge in [-0.25, -0.2) is 0 Å². The van der Waals surface area contributed by atoms with Gasteiger partial charge in [-0.2, -0.15) is 0 Å². The van der Waals surface area contributed by atoms with Crippen molar-refractivity contribution < 1.29 is 4.79 Å². The van der Waals surface area contributed by atoms with E-state index >= 15 is 0 Å². The highest BCUT2D eigenvalue weighted by atomic mass is 16.1. The van der Waals surface area contributed by atoms with Crippen LogP contribution in [0.25, 0.3) is 36.5 Å². The van der Waals surface area contributed by atoms with Gasteiger partial charge < -0.3 is 9.80 Å². The quantitative estimate of drug-likeness (QED) is 0.0250. The Labute approximate surface area is 524 Å². The summed E-state index contributed by atoms with van der Waals surface area (Å²) in [5, 5.41) is 0. The number of unbranched alkanes of at least 4 members (excludes halogenated alkanes) is 36. The van der Waals surface area contributed by atoms with Gasteiger partial charge in [0.15, 0.2) is 5.78 Å². The Morgan fingerprint density at radius 2 is 0.447 bits per heavy atom. The molecule has 1 saturated carbocycles. The molecule has 0 aromatic heterocycles. The van der Waals surface area contributed by atoms with Crippen molar-refractivity contribution in [2.45, 2.75) is 291 Å². The highest BCUT2D eigenvalue weighted by molar-refractivity contribution is 6.20. The molecule has 0 spiro atoms. The summed E-state index contributed by atoms with van der Waals surface area (Å²) < 4.78 is 0. The van der Waals surface area contributed by atoms with E-state index < -0.39 is 0 Å². The first-order valence-corrected chi connectivity index (χ1v) is 36.2. The van der Waals surface area contributed by atoms with Crippen LogP contribution >= 0.6 is 0 Å². The van der Waals surface area contributed by atoms with Gasteiger partial charge in [-0.05, 0) is 95.5 Å². The highest BCUT2D eigenvalue weighted by Crippen LogP contribution is 2.32.